The molecule has 4 nitrogen and oxygen atoms in total. The standard InChI is InChI=1S/C15H20ClF3N2O2S/c1-2-9-21(12-5-7-20-8-6-12)24(22,23)14-4-3-11(10-13(14)16)15(17,18)19/h3-4,10,12,20H,2,5-9H2,1H3. The molecule has 1 aromatic rings. The molecule has 0 amide bonds. The topological polar surface area (TPSA) is 49.4 Å². The zero-order valence-electron chi connectivity index (χ0n) is 13.2. The first kappa shape index (κ1) is 19.5. The number of rotatable bonds is 5. The lowest BCUT2D eigenvalue weighted by Crippen LogP contribution is -2.46. The highest BCUT2D eigenvalue weighted by atomic mass is 35.5. The van der Waals surface area contributed by atoms with E-state index in [1.165, 1.54) is 4.31 Å². The van der Waals surface area contributed by atoms with E-state index in [0.717, 1.165) is 12.1 Å². The summed E-state index contributed by atoms with van der Waals surface area (Å²) in [5.41, 5.74) is -0.963. The van der Waals surface area contributed by atoms with Crippen LogP contribution in [0, 0.1) is 0 Å². The minimum absolute atomic E-state index is 0.172. The fourth-order valence-electron chi connectivity index (χ4n) is 2.83. The maximum atomic E-state index is 12.9. The maximum absolute atomic E-state index is 12.9. The van der Waals surface area contributed by atoms with Gasteiger partial charge >= 0.3 is 6.18 Å². The van der Waals surface area contributed by atoms with Crippen LogP contribution in [0.5, 0.6) is 0 Å². The summed E-state index contributed by atoms with van der Waals surface area (Å²) in [6, 6.07) is 2.20. The highest BCUT2D eigenvalue weighted by Gasteiger charge is 2.35. The molecule has 0 spiro atoms. The van der Waals surface area contributed by atoms with Gasteiger partial charge in [0.25, 0.3) is 0 Å². The smallest absolute Gasteiger partial charge is 0.317 e. The van der Waals surface area contributed by atoms with E-state index in [1.807, 2.05) is 6.92 Å². The Labute approximate surface area is 145 Å². The number of alkyl halides is 3. The van der Waals surface area contributed by atoms with E-state index in [0.29, 0.717) is 45.0 Å². The van der Waals surface area contributed by atoms with Crippen LogP contribution in [0.4, 0.5) is 13.2 Å². The van der Waals surface area contributed by atoms with Crippen molar-refractivity contribution in [3.8, 4) is 0 Å². The summed E-state index contributed by atoms with van der Waals surface area (Å²) in [5, 5.41) is 2.76. The van der Waals surface area contributed by atoms with Gasteiger partial charge in [-0.05, 0) is 50.6 Å². The second kappa shape index (κ2) is 7.59. The van der Waals surface area contributed by atoms with Gasteiger partial charge in [-0.3, -0.25) is 0 Å². The zero-order valence-corrected chi connectivity index (χ0v) is 14.8. The van der Waals surface area contributed by atoms with Gasteiger partial charge < -0.3 is 5.32 Å². The van der Waals surface area contributed by atoms with E-state index in [2.05, 4.69) is 5.32 Å². The summed E-state index contributed by atoms with van der Waals surface area (Å²) in [5.74, 6) is 0. The fraction of sp³-hybridized carbons (Fsp3) is 0.600. The van der Waals surface area contributed by atoms with Gasteiger partial charge in [0.05, 0.1) is 10.6 Å². The summed E-state index contributed by atoms with van der Waals surface area (Å²) >= 11 is 5.88. The second-order valence-corrected chi connectivity index (χ2v) is 8.01. The average Bonchev–Trinajstić information content (AvgIpc) is 2.52. The van der Waals surface area contributed by atoms with Crippen molar-refractivity contribution in [2.75, 3.05) is 19.6 Å². The molecule has 1 aromatic carbocycles. The number of sulfonamides is 1. The van der Waals surface area contributed by atoms with Crippen LogP contribution in [0.1, 0.15) is 31.7 Å². The number of halogens is 4. The van der Waals surface area contributed by atoms with Crippen LogP contribution in [-0.4, -0.2) is 38.4 Å². The lowest BCUT2D eigenvalue weighted by molar-refractivity contribution is -0.137. The van der Waals surface area contributed by atoms with Gasteiger partial charge in [-0.25, -0.2) is 8.42 Å². The number of hydrogen-bond acceptors (Lipinski definition) is 3. The van der Waals surface area contributed by atoms with Crippen molar-refractivity contribution < 1.29 is 21.6 Å². The van der Waals surface area contributed by atoms with Crippen molar-refractivity contribution in [1.29, 1.82) is 0 Å². The molecule has 9 heteroatoms. The summed E-state index contributed by atoms with van der Waals surface area (Å²) in [4.78, 5) is -0.274. The Hall–Kier alpha value is -0.830. The van der Waals surface area contributed by atoms with E-state index < -0.39 is 26.8 Å². The van der Waals surface area contributed by atoms with Crippen molar-refractivity contribution in [1.82, 2.24) is 9.62 Å². The van der Waals surface area contributed by atoms with Gasteiger partial charge in [0, 0.05) is 12.6 Å². The predicted molar refractivity (Wildman–Crippen MR) is 86.5 cm³/mol. The summed E-state index contributed by atoms with van der Waals surface area (Å²) in [7, 11) is -3.95. The Kier molecular flexibility index (Phi) is 6.17. The van der Waals surface area contributed by atoms with E-state index in [-0.39, 0.29) is 10.9 Å². The van der Waals surface area contributed by atoms with Crippen molar-refractivity contribution >= 4 is 21.6 Å². The molecule has 0 bridgehead atoms. The molecular formula is C15H20ClF3N2O2S. The molecule has 136 valence electrons. The maximum Gasteiger partial charge on any atom is 0.416 e. The van der Waals surface area contributed by atoms with Crippen LogP contribution in [0.2, 0.25) is 5.02 Å². The number of nitrogens with one attached hydrogen (secondary N) is 1. The molecule has 1 heterocycles. The molecule has 1 fully saturated rings. The van der Waals surface area contributed by atoms with E-state index in [1.54, 1.807) is 0 Å². The van der Waals surface area contributed by atoms with Gasteiger partial charge in [0.15, 0.2) is 0 Å². The highest BCUT2D eigenvalue weighted by molar-refractivity contribution is 7.89. The lowest BCUT2D eigenvalue weighted by atomic mass is 10.1. The van der Waals surface area contributed by atoms with Crippen molar-refractivity contribution in [3.05, 3.63) is 28.8 Å². The number of hydrogen-bond donors (Lipinski definition) is 1. The zero-order chi connectivity index (χ0) is 18.0. The van der Waals surface area contributed by atoms with Crippen LogP contribution in [0.3, 0.4) is 0 Å². The Morgan fingerprint density at radius 2 is 1.92 bits per heavy atom. The van der Waals surface area contributed by atoms with E-state index in [9.17, 15) is 21.6 Å². The molecule has 1 aliphatic rings. The van der Waals surface area contributed by atoms with Crippen LogP contribution in [0.25, 0.3) is 0 Å². The summed E-state index contributed by atoms with van der Waals surface area (Å²) < 4.78 is 65.5. The number of piperidine rings is 1. The highest BCUT2D eigenvalue weighted by Crippen LogP contribution is 2.35. The molecule has 2 rings (SSSR count). The molecule has 0 atom stereocenters. The number of benzene rings is 1. The molecule has 1 N–H and O–H groups in total. The van der Waals surface area contributed by atoms with Gasteiger partial charge in [-0.1, -0.05) is 18.5 Å². The van der Waals surface area contributed by atoms with E-state index >= 15 is 0 Å². The largest absolute Gasteiger partial charge is 0.416 e. The van der Waals surface area contributed by atoms with Crippen molar-refractivity contribution in [2.45, 2.75) is 43.3 Å². The minimum atomic E-state index is -4.57. The monoisotopic (exact) mass is 384 g/mol. The molecule has 1 aliphatic heterocycles. The SMILES string of the molecule is CCCN(C1CCNCC1)S(=O)(=O)c1ccc(C(F)(F)F)cc1Cl. The molecule has 0 aliphatic carbocycles. The molecule has 0 unspecified atom stereocenters. The fourth-order valence-corrected chi connectivity index (χ4v) is 5.12. The molecule has 1 saturated heterocycles. The van der Waals surface area contributed by atoms with Gasteiger partial charge in [0.2, 0.25) is 10.0 Å². The van der Waals surface area contributed by atoms with E-state index in [4.69, 9.17) is 11.6 Å². The first-order valence-electron chi connectivity index (χ1n) is 7.77. The third kappa shape index (κ3) is 4.22. The van der Waals surface area contributed by atoms with Crippen LogP contribution < -0.4 is 5.32 Å². The quantitative estimate of drug-likeness (QED) is 0.845. The Balaban J connectivity index is 2.39. The lowest BCUT2D eigenvalue weighted by Gasteiger charge is -2.33. The first-order valence-corrected chi connectivity index (χ1v) is 9.59. The molecule has 0 saturated carbocycles. The van der Waals surface area contributed by atoms with Crippen LogP contribution in [-0.2, 0) is 16.2 Å². The van der Waals surface area contributed by atoms with Crippen LogP contribution >= 0.6 is 11.6 Å². The average molecular weight is 385 g/mol. The normalized spacial score (nSPS) is 17.4. The molecular weight excluding hydrogens is 365 g/mol. The van der Waals surface area contributed by atoms with Crippen molar-refractivity contribution in [3.63, 3.8) is 0 Å². The third-order valence-electron chi connectivity index (χ3n) is 4.01. The Bertz CT molecular complexity index is 674. The minimum Gasteiger partial charge on any atom is -0.317 e. The van der Waals surface area contributed by atoms with Crippen molar-refractivity contribution in [2.24, 2.45) is 0 Å². The number of nitrogens with zero attached hydrogens (tertiary/aromatic N) is 1. The molecule has 0 aromatic heterocycles. The predicted octanol–water partition coefficient (Wildman–Crippen LogP) is 3.51. The third-order valence-corrected chi connectivity index (χ3v) is 6.44. The Morgan fingerprint density at radius 3 is 2.42 bits per heavy atom. The summed E-state index contributed by atoms with van der Waals surface area (Å²) in [6.07, 6.45) is -2.62. The van der Waals surface area contributed by atoms with Crippen LogP contribution in [0.15, 0.2) is 23.1 Å². The Morgan fingerprint density at radius 1 is 1.29 bits per heavy atom. The molecule has 24 heavy (non-hydrogen) atoms. The van der Waals surface area contributed by atoms with Gasteiger partial charge in [0.1, 0.15) is 4.90 Å². The van der Waals surface area contributed by atoms with Gasteiger partial charge in [-0.15, -0.1) is 0 Å². The first-order chi connectivity index (χ1) is 11.2. The molecule has 0 radical (unpaired) electrons. The second-order valence-electron chi connectivity index (χ2n) is 5.74. The summed E-state index contributed by atoms with van der Waals surface area (Å²) in [6.45, 7) is 3.59. The van der Waals surface area contributed by atoms with Gasteiger partial charge in [-0.2, -0.15) is 17.5 Å².